The normalized spacial score (nSPS) is 20.9. The minimum absolute atomic E-state index is 0.0137. The van der Waals surface area contributed by atoms with Gasteiger partial charge in [0.05, 0.1) is 17.8 Å². The van der Waals surface area contributed by atoms with Crippen LogP contribution >= 0.6 is 11.6 Å². The molecule has 0 spiro atoms. The fourth-order valence-corrected chi connectivity index (χ4v) is 5.90. The fraction of sp³-hybridized carbons (Fsp3) is 0.567. The summed E-state index contributed by atoms with van der Waals surface area (Å²) in [6.45, 7) is 5.45. The first-order valence-corrected chi connectivity index (χ1v) is 14.7. The lowest BCUT2D eigenvalue weighted by molar-refractivity contribution is -0.151. The van der Waals surface area contributed by atoms with Crippen molar-refractivity contribution < 1.29 is 29.0 Å². The van der Waals surface area contributed by atoms with E-state index in [4.69, 9.17) is 16.3 Å². The van der Waals surface area contributed by atoms with Crippen molar-refractivity contribution in [3.63, 3.8) is 0 Å². The average molecular weight is 600 g/mol. The number of carbonyl (C=O) groups is 4. The van der Waals surface area contributed by atoms with Crippen molar-refractivity contribution in [2.45, 2.75) is 83.9 Å². The predicted octanol–water partition coefficient (Wildman–Crippen LogP) is 3.96. The number of aliphatic carboxylic acids is 1. The molecule has 2 fully saturated rings. The maximum Gasteiger partial charge on any atom is 0.326 e. The Morgan fingerprint density at radius 3 is 2.43 bits per heavy atom. The van der Waals surface area contributed by atoms with E-state index in [0.29, 0.717) is 5.02 Å². The van der Waals surface area contributed by atoms with Crippen LogP contribution in [-0.2, 0) is 14.4 Å². The third kappa shape index (κ3) is 7.81. The summed E-state index contributed by atoms with van der Waals surface area (Å²) >= 11 is 5.90. The lowest BCUT2D eigenvalue weighted by Crippen LogP contribution is -2.58. The van der Waals surface area contributed by atoms with E-state index in [1.54, 1.807) is 12.1 Å². The highest BCUT2D eigenvalue weighted by Crippen LogP contribution is 2.34. The van der Waals surface area contributed by atoms with Crippen molar-refractivity contribution in [1.82, 2.24) is 25.2 Å². The van der Waals surface area contributed by atoms with Gasteiger partial charge in [0, 0.05) is 43.4 Å². The first kappa shape index (κ1) is 31.3. The van der Waals surface area contributed by atoms with Gasteiger partial charge in [-0.05, 0) is 30.2 Å². The highest BCUT2D eigenvalue weighted by Gasteiger charge is 2.46. The summed E-state index contributed by atoms with van der Waals surface area (Å²) in [7, 11) is 0. The second-order valence-corrected chi connectivity index (χ2v) is 12.6. The molecular weight excluding hydrogens is 562 g/mol. The van der Waals surface area contributed by atoms with Gasteiger partial charge in [0.2, 0.25) is 17.7 Å². The molecular formula is C30H38ClN5O6. The van der Waals surface area contributed by atoms with Gasteiger partial charge in [-0.1, -0.05) is 51.6 Å². The number of carbonyl (C=O) groups excluding carboxylic acids is 3. The molecule has 2 aliphatic rings. The molecule has 12 heteroatoms. The van der Waals surface area contributed by atoms with Crippen molar-refractivity contribution in [3.05, 3.63) is 47.6 Å². The summed E-state index contributed by atoms with van der Waals surface area (Å²) in [4.78, 5) is 66.7. The molecule has 1 aliphatic heterocycles. The molecule has 42 heavy (non-hydrogen) atoms. The molecule has 0 aromatic carbocycles. The van der Waals surface area contributed by atoms with Gasteiger partial charge in [-0.3, -0.25) is 19.4 Å². The zero-order valence-corrected chi connectivity index (χ0v) is 24.9. The zero-order valence-electron chi connectivity index (χ0n) is 24.2. The number of ether oxygens (including phenoxy) is 1. The van der Waals surface area contributed by atoms with E-state index in [1.807, 2.05) is 20.8 Å². The van der Waals surface area contributed by atoms with E-state index in [2.05, 4.69) is 20.3 Å². The predicted molar refractivity (Wildman–Crippen MR) is 154 cm³/mol. The van der Waals surface area contributed by atoms with Gasteiger partial charge in [-0.15, -0.1) is 0 Å². The Labute approximate surface area is 250 Å². The van der Waals surface area contributed by atoms with Crippen LogP contribution in [0.4, 0.5) is 0 Å². The molecule has 11 nitrogen and oxygen atoms in total. The molecule has 1 aliphatic carbocycles. The fourth-order valence-electron chi connectivity index (χ4n) is 5.78. The van der Waals surface area contributed by atoms with Crippen LogP contribution in [0.2, 0.25) is 5.02 Å². The van der Waals surface area contributed by atoms with Gasteiger partial charge in [0.15, 0.2) is 5.78 Å². The number of hydrogen-bond acceptors (Lipinski definition) is 8. The number of nitrogens with one attached hydrogen (secondary N) is 1. The highest BCUT2D eigenvalue weighted by molar-refractivity contribution is 6.30. The number of halogens is 1. The average Bonchev–Trinajstić information content (AvgIpc) is 3.40. The molecule has 0 radical (unpaired) electrons. The summed E-state index contributed by atoms with van der Waals surface area (Å²) in [6, 6.07) is 1.02. The zero-order chi connectivity index (χ0) is 30.4. The molecule has 2 aromatic heterocycles. The van der Waals surface area contributed by atoms with Gasteiger partial charge in [-0.25, -0.2) is 14.8 Å². The Hall–Kier alpha value is -3.60. The molecule has 4 atom stereocenters. The summed E-state index contributed by atoms with van der Waals surface area (Å²) < 4.78 is 5.88. The topological polar surface area (TPSA) is 152 Å². The monoisotopic (exact) mass is 599 g/mol. The molecule has 226 valence electrons. The Morgan fingerprint density at radius 2 is 1.83 bits per heavy atom. The SMILES string of the molecule is CC(C)(C)[C@H](NC(=O)[C@@H](CC(=O)c1cnccn1)C1CCCCC1)C(=O)N1C[C@H](Oc2ccc(Cl)cn2)C[C@H]1C(=O)O. The standard InChI is InChI=1S/C30H38ClN5O6/c1-30(2,3)26(28(39)36-17-20(13-23(36)29(40)41)42-25-10-9-19(31)15-34-25)35-27(38)21(18-7-5-4-6-8-18)14-24(37)22-16-32-11-12-33-22/h9-12,15-16,18,20-21,23,26H,4-8,13-14,17H2,1-3H3,(H,35,38)(H,40,41)/t20-,21+,23+,26-/m1/s1. The number of pyridine rings is 1. The van der Waals surface area contributed by atoms with Crippen LogP contribution in [0.1, 0.15) is 76.2 Å². The van der Waals surface area contributed by atoms with Crippen LogP contribution < -0.4 is 10.1 Å². The molecule has 4 rings (SSSR count). The molecule has 1 saturated carbocycles. The van der Waals surface area contributed by atoms with Crippen molar-refractivity contribution in [2.24, 2.45) is 17.3 Å². The minimum atomic E-state index is -1.16. The Bertz CT molecular complexity index is 1260. The van der Waals surface area contributed by atoms with E-state index >= 15 is 0 Å². The summed E-state index contributed by atoms with van der Waals surface area (Å²) in [5.41, 5.74) is -0.560. The largest absolute Gasteiger partial charge is 0.480 e. The van der Waals surface area contributed by atoms with Crippen LogP contribution in [0.3, 0.4) is 0 Å². The Morgan fingerprint density at radius 1 is 1.10 bits per heavy atom. The number of likely N-dealkylation sites (tertiary alicyclic amines) is 1. The smallest absolute Gasteiger partial charge is 0.326 e. The third-order valence-electron chi connectivity index (χ3n) is 8.03. The maximum atomic E-state index is 14.0. The number of carboxylic acids is 1. The van der Waals surface area contributed by atoms with Gasteiger partial charge in [-0.2, -0.15) is 0 Å². The highest BCUT2D eigenvalue weighted by atomic mass is 35.5. The summed E-state index contributed by atoms with van der Waals surface area (Å²) in [6.07, 6.45) is 9.75. The van der Waals surface area contributed by atoms with E-state index in [0.717, 1.165) is 32.1 Å². The van der Waals surface area contributed by atoms with Crippen LogP contribution in [0.15, 0.2) is 36.9 Å². The number of rotatable bonds is 10. The number of amides is 2. The molecule has 3 heterocycles. The van der Waals surface area contributed by atoms with Crippen LogP contribution in [-0.4, -0.2) is 73.3 Å². The summed E-state index contributed by atoms with van der Waals surface area (Å²) in [5.74, 6) is -2.75. The number of carboxylic acid groups (broad SMARTS) is 1. The number of aromatic nitrogens is 3. The molecule has 2 aromatic rings. The van der Waals surface area contributed by atoms with E-state index in [-0.39, 0.29) is 42.7 Å². The quantitative estimate of drug-likeness (QED) is 0.386. The lowest BCUT2D eigenvalue weighted by Gasteiger charge is -2.37. The van der Waals surface area contributed by atoms with Gasteiger partial charge in [0.25, 0.3) is 0 Å². The molecule has 2 amide bonds. The first-order chi connectivity index (χ1) is 19.9. The molecule has 1 saturated heterocycles. The molecule has 0 bridgehead atoms. The van der Waals surface area contributed by atoms with E-state index in [1.165, 1.54) is 29.7 Å². The summed E-state index contributed by atoms with van der Waals surface area (Å²) in [5, 5.41) is 13.3. The van der Waals surface area contributed by atoms with Crippen molar-refractivity contribution in [2.75, 3.05) is 6.54 Å². The van der Waals surface area contributed by atoms with Crippen LogP contribution in [0, 0.1) is 17.3 Å². The van der Waals surface area contributed by atoms with Gasteiger partial charge >= 0.3 is 5.97 Å². The first-order valence-electron chi connectivity index (χ1n) is 14.3. The van der Waals surface area contributed by atoms with E-state index in [9.17, 15) is 24.3 Å². The molecule has 0 unspecified atom stereocenters. The van der Waals surface area contributed by atoms with Crippen molar-refractivity contribution >= 4 is 35.2 Å². The van der Waals surface area contributed by atoms with Crippen molar-refractivity contribution in [3.8, 4) is 5.88 Å². The van der Waals surface area contributed by atoms with Gasteiger partial charge in [0.1, 0.15) is 23.9 Å². The molecule has 2 N–H and O–H groups in total. The Kier molecular flexibility index (Phi) is 10.1. The van der Waals surface area contributed by atoms with E-state index < -0.39 is 47.3 Å². The lowest BCUT2D eigenvalue weighted by atomic mass is 9.76. The maximum absolute atomic E-state index is 14.0. The third-order valence-corrected chi connectivity index (χ3v) is 8.25. The number of nitrogens with zero attached hydrogens (tertiary/aromatic N) is 4. The van der Waals surface area contributed by atoms with Gasteiger partial charge < -0.3 is 20.1 Å². The second kappa shape index (κ2) is 13.6. The van der Waals surface area contributed by atoms with Crippen LogP contribution in [0.25, 0.3) is 0 Å². The number of Topliss-reactive ketones (excluding diaryl/α,β-unsaturated/α-hetero) is 1. The second-order valence-electron chi connectivity index (χ2n) is 12.2. The van der Waals surface area contributed by atoms with Crippen molar-refractivity contribution in [1.29, 1.82) is 0 Å². The Balaban J connectivity index is 1.54. The number of hydrogen-bond donors (Lipinski definition) is 2. The number of ketones is 1. The van der Waals surface area contributed by atoms with Crippen LogP contribution in [0.5, 0.6) is 5.88 Å². The minimum Gasteiger partial charge on any atom is -0.480 e.